The summed E-state index contributed by atoms with van der Waals surface area (Å²) in [6.45, 7) is 0. The SMILES string of the molecule is N#CC(C#N)=C(C(=C(C#N)C#N)c1ccc2c(=C3SC=CS3)c3cc(C#Cc4ccccc4)ccc3c(=C3SC=CS3)c2c1)c1ccccc1. The number of hydrogen-bond donors (Lipinski definition) is 0. The summed E-state index contributed by atoms with van der Waals surface area (Å²) in [5.41, 5.74) is 3.09. The van der Waals surface area contributed by atoms with Crippen LogP contribution in [-0.4, -0.2) is 0 Å². The summed E-state index contributed by atoms with van der Waals surface area (Å²) in [5.74, 6) is 6.66. The first-order chi connectivity index (χ1) is 24.6. The minimum absolute atomic E-state index is 0.182. The maximum absolute atomic E-state index is 10.2. The molecule has 5 aromatic rings. The van der Waals surface area contributed by atoms with Crippen molar-refractivity contribution in [1.29, 1.82) is 21.0 Å². The molecule has 7 rings (SSSR count). The van der Waals surface area contributed by atoms with Crippen LogP contribution in [-0.2, 0) is 0 Å². The van der Waals surface area contributed by atoms with Crippen molar-refractivity contribution in [2.75, 3.05) is 0 Å². The Balaban J connectivity index is 1.61. The van der Waals surface area contributed by atoms with Gasteiger partial charge >= 0.3 is 0 Å². The number of allylic oxidation sites excluding steroid dienone is 4. The van der Waals surface area contributed by atoms with E-state index in [2.05, 4.69) is 51.7 Å². The van der Waals surface area contributed by atoms with Gasteiger partial charge in [0.15, 0.2) is 0 Å². The van der Waals surface area contributed by atoms with Gasteiger partial charge in [-0.1, -0.05) is 126 Å². The molecule has 0 aromatic heterocycles. The quantitative estimate of drug-likeness (QED) is 0.0792. The van der Waals surface area contributed by atoms with Gasteiger partial charge < -0.3 is 0 Å². The third-order valence-corrected chi connectivity index (χ3v) is 12.3. The van der Waals surface area contributed by atoms with Crippen LogP contribution in [0.3, 0.4) is 0 Å². The summed E-state index contributed by atoms with van der Waals surface area (Å²) >= 11 is 6.64. The molecule has 0 unspecified atom stereocenters. The van der Waals surface area contributed by atoms with Crippen LogP contribution in [0.2, 0.25) is 0 Å². The van der Waals surface area contributed by atoms with Crippen LogP contribution in [0.15, 0.2) is 130 Å². The van der Waals surface area contributed by atoms with Crippen LogP contribution < -0.4 is 10.4 Å². The zero-order valence-electron chi connectivity index (χ0n) is 26.0. The monoisotopic (exact) mass is 708 g/mol. The summed E-state index contributed by atoms with van der Waals surface area (Å²) in [5, 5.41) is 55.1. The number of hydrogen-bond acceptors (Lipinski definition) is 8. The van der Waals surface area contributed by atoms with Gasteiger partial charge in [0, 0.05) is 32.7 Å². The predicted octanol–water partition coefficient (Wildman–Crippen LogP) is 9.73. The Morgan fingerprint density at radius 1 is 0.420 bits per heavy atom. The van der Waals surface area contributed by atoms with Crippen molar-refractivity contribution in [3.05, 3.63) is 163 Å². The second kappa shape index (κ2) is 14.8. The van der Waals surface area contributed by atoms with E-state index in [1.807, 2.05) is 78.9 Å². The van der Waals surface area contributed by atoms with Crippen molar-refractivity contribution in [1.82, 2.24) is 0 Å². The molecule has 4 nitrogen and oxygen atoms in total. The molecule has 2 heterocycles. The number of fused-ring (bicyclic) bond motifs is 2. The Hall–Kier alpha value is -5.76. The molecule has 50 heavy (non-hydrogen) atoms. The average Bonchev–Trinajstić information content (AvgIpc) is 3.91. The topological polar surface area (TPSA) is 95.2 Å². The van der Waals surface area contributed by atoms with Crippen molar-refractivity contribution >= 4 is 88.2 Å². The molecule has 0 radical (unpaired) electrons. The van der Waals surface area contributed by atoms with Crippen molar-refractivity contribution in [3.8, 4) is 36.1 Å². The summed E-state index contributed by atoms with van der Waals surface area (Å²) in [7, 11) is 0. The molecule has 0 spiro atoms. The van der Waals surface area contributed by atoms with Crippen LogP contribution in [0, 0.1) is 57.2 Å². The second-order valence-corrected chi connectivity index (χ2v) is 15.0. The van der Waals surface area contributed by atoms with Crippen LogP contribution in [0.1, 0.15) is 22.3 Å². The van der Waals surface area contributed by atoms with Gasteiger partial charge in [-0.2, -0.15) is 21.0 Å². The van der Waals surface area contributed by atoms with Gasteiger partial charge in [0.2, 0.25) is 0 Å². The largest absolute Gasteiger partial charge is 0.192 e. The van der Waals surface area contributed by atoms with Gasteiger partial charge in [-0.15, -0.1) is 0 Å². The van der Waals surface area contributed by atoms with Crippen LogP contribution in [0.5, 0.6) is 0 Å². The minimum Gasteiger partial charge on any atom is -0.192 e. The van der Waals surface area contributed by atoms with Crippen LogP contribution >= 0.6 is 47.0 Å². The summed E-state index contributed by atoms with van der Waals surface area (Å²) in [4.78, 5) is 0. The maximum atomic E-state index is 10.2. The Morgan fingerprint density at radius 2 is 0.880 bits per heavy atom. The zero-order chi connectivity index (χ0) is 34.5. The molecule has 2 aliphatic rings. The fourth-order valence-corrected chi connectivity index (χ4v) is 9.77. The average molecular weight is 709 g/mol. The molecule has 0 atom stereocenters. The lowest BCUT2D eigenvalue weighted by Gasteiger charge is -2.17. The Morgan fingerprint density at radius 3 is 1.42 bits per heavy atom. The van der Waals surface area contributed by atoms with Gasteiger partial charge in [-0.25, -0.2) is 0 Å². The lowest BCUT2D eigenvalue weighted by Crippen LogP contribution is -2.17. The van der Waals surface area contributed by atoms with E-state index in [0.29, 0.717) is 11.1 Å². The van der Waals surface area contributed by atoms with Crippen molar-refractivity contribution < 1.29 is 0 Å². The molecule has 0 saturated carbocycles. The molecule has 0 fully saturated rings. The molecule has 232 valence electrons. The molecule has 0 N–H and O–H groups in total. The van der Waals surface area contributed by atoms with Crippen LogP contribution in [0.25, 0.3) is 41.2 Å². The van der Waals surface area contributed by atoms with E-state index in [1.165, 1.54) is 0 Å². The van der Waals surface area contributed by atoms with Crippen molar-refractivity contribution in [2.24, 2.45) is 0 Å². The molecular formula is C42H20N4S4. The lowest BCUT2D eigenvalue weighted by molar-refractivity contribution is 1.44. The van der Waals surface area contributed by atoms with Crippen LogP contribution in [0.4, 0.5) is 0 Å². The first kappa shape index (κ1) is 32.8. The summed E-state index contributed by atoms with van der Waals surface area (Å²) in [6.07, 6.45) is 0. The molecule has 0 aliphatic carbocycles. The van der Waals surface area contributed by atoms with Gasteiger partial charge in [-0.05, 0) is 84.6 Å². The normalized spacial score (nSPS) is 12.8. The number of nitrogens with zero attached hydrogens (tertiary/aromatic N) is 4. The lowest BCUT2D eigenvalue weighted by atomic mass is 9.85. The highest BCUT2D eigenvalue weighted by atomic mass is 32.2. The Bertz CT molecular complexity index is 2690. The maximum Gasteiger partial charge on any atom is 0.138 e. The van der Waals surface area contributed by atoms with Crippen molar-refractivity contribution in [3.63, 3.8) is 0 Å². The van der Waals surface area contributed by atoms with Crippen molar-refractivity contribution in [2.45, 2.75) is 0 Å². The van der Waals surface area contributed by atoms with E-state index in [-0.39, 0.29) is 22.3 Å². The smallest absolute Gasteiger partial charge is 0.138 e. The third kappa shape index (κ3) is 6.25. The standard InChI is InChI=1S/C42H20N4S4/c43-23-31(24-44)37(29-9-5-2-6-10-29)38(32(25-45)26-46)30-14-16-34-36(22-30)40(42-49-19-20-50-42)33-15-13-28(12-11-27-7-3-1-4-8-27)21-35(33)39(34)41-47-17-18-48-41/h1-10,13-22H. The fourth-order valence-electron chi connectivity index (χ4n) is 5.92. The minimum atomic E-state index is -0.185. The highest BCUT2D eigenvalue weighted by Crippen LogP contribution is 2.42. The first-order valence-electron chi connectivity index (χ1n) is 15.1. The molecule has 2 aliphatic heterocycles. The molecular weight excluding hydrogens is 689 g/mol. The highest BCUT2D eigenvalue weighted by molar-refractivity contribution is 8.35. The van der Waals surface area contributed by atoms with Gasteiger partial charge in [0.25, 0.3) is 0 Å². The second-order valence-electron chi connectivity index (χ2n) is 10.8. The first-order valence-corrected chi connectivity index (χ1v) is 18.6. The van der Waals surface area contributed by atoms with Gasteiger partial charge in [-0.3, -0.25) is 0 Å². The van der Waals surface area contributed by atoms with Gasteiger partial charge in [0.1, 0.15) is 35.4 Å². The Kier molecular flexibility index (Phi) is 9.69. The van der Waals surface area contributed by atoms with E-state index in [4.69, 9.17) is 0 Å². The fraction of sp³-hybridized carbons (Fsp3) is 0. The molecule has 5 aromatic carbocycles. The van der Waals surface area contributed by atoms with E-state index in [0.717, 1.165) is 51.6 Å². The molecule has 0 amide bonds. The third-order valence-electron chi connectivity index (χ3n) is 8.01. The summed E-state index contributed by atoms with van der Waals surface area (Å²) < 4.78 is 2.23. The number of nitriles is 4. The highest BCUT2D eigenvalue weighted by Gasteiger charge is 2.23. The Labute approximate surface area is 306 Å². The number of benzene rings is 5. The predicted molar refractivity (Wildman–Crippen MR) is 211 cm³/mol. The van der Waals surface area contributed by atoms with Gasteiger partial charge in [0.05, 0.1) is 8.47 Å². The number of thioether (sulfide) groups is 4. The molecule has 8 heteroatoms. The zero-order valence-corrected chi connectivity index (χ0v) is 29.2. The molecule has 0 bridgehead atoms. The van der Waals surface area contributed by atoms with E-state index < -0.39 is 0 Å². The number of rotatable bonds is 3. The summed E-state index contributed by atoms with van der Waals surface area (Å²) in [6, 6.07) is 39.3. The van der Waals surface area contributed by atoms with E-state index in [9.17, 15) is 21.0 Å². The van der Waals surface area contributed by atoms with E-state index in [1.54, 1.807) is 71.3 Å². The van der Waals surface area contributed by atoms with E-state index >= 15 is 0 Å². The molecule has 0 saturated heterocycles.